The van der Waals surface area contributed by atoms with Gasteiger partial charge in [-0.25, -0.2) is 9.97 Å². The summed E-state index contributed by atoms with van der Waals surface area (Å²) in [5.74, 6) is 2.63. The Bertz CT molecular complexity index is 467. The van der Waals surface area contributed by atoms with Gasteiger partial charge in [-0.2, -0.15) is 5.26 Å². The molecule has 1 aromatic rings. The molecule has 1 fully saturated rings. The van der Waals surface area contributed by atoms with Crippen molar-refractivity contribution < 1.29 is 0 Å². The molecule has 0 spiro atoms. The van der Waals surface area contributed by atoms with Crippen molar-refractivity contribution in [3.63, 3.8) is 0 Å². The predicted molar refractivity (Wildman–Crippen MR) is 74.7 cm³/mol. The molecule has 102 valence electrons. The molecular weight excluding hydrogens is 240 g/mol. The van der Waals surface area contributed by atoms with Crippen LogP contribution in [-0.2, 0) is 0 Å². The SMILES string of the molecule is Cc1nc(NC#N)cc(NCC2CCCN(C)C2)n1. The molecule has 6 heteroatoms. The zero-order chi connectivity index (χ0) is 13.7. The molecule has 0 bridgehead atoms. The van der Waals surface area contributed by atoms with Gasteiger partial charge < -0.3 is 10.2 Å². The van der Waals surface area contributed by atoms with Gasteiger partial charge >= 0.3 is 0 Å². The molecule has 2 N–H and O–H groups in total. The highest BCUT2D eigenvalue weighted by molar-refractivity contribution is 5.49. The van der Waals surface area contributed by atoms with Gasteiger partial charge in [-0.05, 0) is 39.3 Å². The average Bonchev–Trinajstić information content (AvgIpc) is 2.36. The summed E-state index contributed by atoms with van der Waals surface area (Å²) in [6, 6.07) is 1.77. The molecule has 2 rings (SSSR count). The molecule has 1 saturated heterocycles. The second-order valence-electron chi connectivity index (χ2n) is 5.07. The Morgan fingerprint density at radius 1 is 1.47 bits per heavy atom. The molecule has 19 heavy (non-hydrogen) atoms. The van der Waals surface area contributed by atoms with Gasteiger partial charge in [-0.3, -0.25) is 5.32 Å². The van der Waals surface area contributed by atoms with Gasteiger partial charge in [0.25, 0.3) is 0 Å². The fourth-order valence-electron chi connectivity index (χ4n) is 2.47. The van der Waals surface area contributed by atoms with Crippen molar-refractivity contribution in [3.8, 4) is 6.19 Å². The Morgan fingerprint density at radius 3 is 3.00 bits per heavy atom. The van der Waals surface area contributed by atoms with E-state index in [2.05, 4.69) is 32.5 Å². The molecule has 0 radical (unpaired) electrons. The maximum Gasteiger partial charge on any atom is 0.182 e. The molecule has 0 amide bonds. The third-order valence-electron chi connectivity index (χ3n) is 3.32. The summed E-state index contributed by atoms with van der Waals surface area (Å²) in [7, 11) is 2.16. The van der Waals surface area contributed by atoms with Crippen LogP contribution in [0.3, 0.4) is 0 Å². The standard InChI is InChI=1S/C13H20N6/c1-10-17-12(6-13(18-10)16-9-14)15-7-11-4-3-5-19(2)8-11/h6,11H,3-5,7-8H2,1-2H3,(H2,15,16,17,18). The summed E-state index contributed by atoms with van der Waals surface area (Å²) < 4.78 is 0. The van der Waals surface area contributed by atoms with Crippen LogP contribution >= 0.6 is 0 Å². The van der Waals surface area contributed by atoms with E-state index in [-0.39, 0.29) is 0 Å². The number of hydrogen-bond donors (Lipinski definition) is 2. The Labute approximate surface area is 113 Å². The Hall–Kier alpha value is -1.87. The van der Waals surface area contributed by atoms with Crippen molar-refractivity contribution in [2.75, 3.05) is 37.3 Å². The Morgan fingerprint density at radius 2 is 2.26 bits per heavy atom. The number of anilines is 2. The van der Waals surface area contributed by atoms with Crippen LogP contribution in [0.25, 0.3) is 0 Å². The number of aryl methyl sites for hydroxylation is 1. The second-order valence-corrected chi connectivity index (χ2v) is 5.07. The first-order valence-corrected chi connectivity index (χ1v) is 6.60. The third kappa shape index (κ3) is 4.07. The fourth-order valence-corrected chi connectivity index (χ4v) is 2.47. The number of nitriles is 1. The molecule has 2 heterocycles. The van der Waals surface area contributed by atoms with Crippen molar-refractivity contribution in [1.29, 1.82) is 5.26 Å². The predicted octanol–water partition coefficient (Wildman–Crippen LogP) is 1.43. The first-order chi connectivity index (χ1) is 9.17. The van der Waals surface area contributed by atoms with Gasteiger partial charge in [0.1, 0.15) is 17.5 Å². The van der Waals surface area contributed by atoms with Gasteiger partial charge in [-0.1, -0.05) is 0 Å². The lowest BCUT2D eigenvalue weighted by Crippen LogP contribution is -2.35. The molecule has 1 atom stereocenters. The minimum Gasteiger partial charge on any atom is -0.370 e. The summed E-state index contributed by atoms with van der Waals surface area (Å²) in [6.07, 6.45) is 4.39. The largest absolute Gasteiger partial charge is 0.370 e. The number of nitrogens with one attached hydrogen (secondary N) is 2. The minimum atomic E-state index is 0.540. The van der Waals surface area contributed by atoms with E-state index in [1.54, 1.807) is 6.07 Å². The maximum absolute atomic E-state index is 8.62. The topological polar surface area (TPSA) is 76.9 Å². The number of rotatable bonds is 4. The Balaban J connectivity index is 1.93. The van der Waals surface area contributed by atoms with Crippen LogP contribution < -0.4 is 10.6 Å². The van der Waals surface area contributed by atoms with E-state index in [1.807, 2.05) is 13.1 Å². The summed E-state index contributed by atoms with van der Waals surface area (Å²) in [5, 5.41) is 14.5. The van der Waals surface area contributed by atoms with Crippen LogP contribution in [0.4, 0.5) is 11.6 Å². The number of piperidine rings is 1. The average molecular weight is 260 g/mol. The minimum absolute atomic E-state index is 0.540. The Kier molecular flexibility index (Phi) is 4.53. The van der Waals surface area contributed by atoms with E-state index >= 15 is 0 Å². The summed E-state index contributed by atoms with van der Waals surface area (Å²) in [5.41, 5.74) is 0. The molecule has 0 aromatic carbocycles. The first-order valence-electron chi connectivity index (χ1n) is 6.60. The van der Waals surface area contributed by atoms with Gasteiger partial charge in [0, 0.05) is 19.2 Å². The molecule has 1 unspecified atom stereocenters. The number of nitrogens with zero attached hydrogens (tertiary/aromatic N) is 4. The monoisotopic (exact) mass is 260 g/mol. The van der Waals surface area contributed by atoms with Gasteiger partial charge in [0.05, 0.1) is 0 Å². The van der Waals surface area contributed by atoms with E-state index in [0.29, 0.717) is 17.6 Å². The van der Waals surface area contributed by atoms with Crippen molar-refractivity contribution in [1.82, 2.24) is 14.9 Å². The normalized spacial score (nSPS) is 19.7. The maximum atomic E-state index is 8.62. The van der Waals surface area contributed by atoms with E-state index in [1.165, 1.54) is 19.4 Å². The molecule has 1 aliphatic rings. The van der Waals surface area contributed by atoms with E-state index < -0.39 is 0 Å². The third-order valence-corrected chi connectivity index (χ3v) is 3.32. The van der Waals surface area contributed by atoms with Crippen LogP contribution in [0, 0.1) is 24.3 Å². The highest BCUT2D eigenvalue weighted by Gasteiger charge is 2.16. The van der Waals surface area contributed by atoms with Crippen LogP contribution in [-0.4, -0.2) is 41.5 Å². The van der Waals surface area contributed by atoms with Crippen molar-refractivity contribution >= 4 is 11.6 Å². The second kappa shape index (κ2) is 6.34. The lowest BCUT2D eigenvalue weighted by Gasteiger charge is -2.29. The molecular formula is C13H20N6. The summed E-state index contributed by atoms with van der Waals surface area (Å²) >= 11 is 0. The van der Waals surface area contributed by atoms with Crippen LogP contribution in [0.2, 0.25) is 0 Å². The molecule has 0 aliphatic carbocycles. The van der Waals surface area contributed by atoms with Crippen molar-refractivity contribution in [3.05, 3.63) is 11.9 Å². The van der Waals surface area contributed by atoms with Crippen molar-refractivity contribution in [2.24, 2.45) is 5.92 Å². The van der Waals surface area contributed by atoms with Crippen LogP contribution in [0.5, 0.6) is 0 Å². The van der Waals surface area contributed by atoms with Crippen LogP contribution in [0.15, 0.2) is 6.07 Å². The quantitative estimate of drug-likeness (QED) is 0.630. The smallest absolute Gasteiger partial charge is 0.182 e. The zero-order valence-corrected chi connectivity index (χ0v) is 11.5. The highest BCUT2D eigenvalue weighted by Crippen LogP contribution is 2.17. The number of likely N-dealkylation sites (tertiary alicyclic amines) is 1. The number of aromatic nitrogens is 2. The van der Waals surface area contributed by atoms with Gasteiger partial charge in [0.15, 0.2) is 6.19 Å². The lowest BCUT2D eigenvalue weighted by atomic mass is 9.98. The summed E-state index contributed by atoms with van der Waals surface area (Å²) in [4.78, 5) is 10.8. The van der Waals surface area contributed by atoms with Crippen molar-refractivity contribution in [2.45, 2.75) is 19.8 Å². The fraction of sp³-hybridized carbons (Fsp3) is 0.615. The molecule has 6 nitrogen and oxygen atoms in total. The summed E-state index contributed by atoms with van der Waals surface area (Å²) in [6.45, 7) is 5.05. The van der Waals surface area contributed by atoms with Crippen LogP contribution in [0.1, 0.15) is 18.7 Å². The number of hydrogen-bond acceptors (Lipinski definition) is 6. The van der Waals surface area contributed by atoms with E-state index in [9.17, 15) is 0 Å². The van der Waals surface area contributed by atoms with E-state index in [4.69, 9.17) is 5.26 Å². The highest BCUT2D eigenvalue weighted by atomic mass is 15.1. The zero-order valence-electron chi connectivity index (χ0n) is 11.5. The molecule has 0 saturated carbocycles. The molecule has 1 aromatic heterocycles. The van der Waals surface area contributed by atoms with Gasteiger partial charge in [0.2, 0.25) is 0 Å². The molecule has 1 aliphatic heterocycles. The van der Waals surface area contributed by atoms with Gasteiger partial charge in [-0.15, -0.1) is 0 Å². The van der Waals surface area contributed by atoms with E-state index in [0.717, 1.165) is 18.9 Å². The lowest BCUT2D eigenvalue weighted by molar-refractivity contribution is 0.217. The first kappa shape index (κ1) is 13.6.